The number of halogens is 2. The maximum Gasteiger partial charge on any atom is 0.291 e. The predicted molar refractivity (Wildman–Crippen MR) is 86.5 cm³/mol. The first-order valence-electron chi connectivity index (χ1n) is 7.65. The Morgan fingerprint density at radius 1 is 1.42 bits per heavy atom. The first-order chi connectivity index (χ1) is 11.5. The van der Waals surface area contributed by atoms with Gasteiger partial charge < -0.3 is 9.88 Å². The summed E-state index contributed by atoms with van der Waals surface area (Å²) in [6.45, 7) is -0.140. The van der Waals surface area contributed by atoms with Gasteiger partial charge in [-0.05, 0) is 49.6 Å². The summed E-state index contributed by atoms with van der Waals surface area (Å²) >= 11 is 0.314. The number of rotatable bonds is 5. The summed E-state index contributed by atoms with van der Waals surface area (Å²) in [5.41, 5.74) is 0.348. The molecule has 1 aromatic carbocycles. The van der Waals surface area contributed by atoms with Gasteiger partial charge in [-0.2, -0.15) is 14.0 Å². The first-order valence-corrected chi connectivity index (χ1v) is 8.53. The van der Waals surface area contributed by atoms with Gasteiger partial charge in [0.25, 0.3) is 5.76 Å². The predicted octanol–water partition coefficient (Wildman–Crippen LogP) is 3.30. The van der Waals surface area contributed by atoms with Gasteiger partial charge in [-0.25, -0.2) is 4.98 Å². The molecule has 1 saturated carbocycles. The number of para-hydroxylation sites is 2. The van der Waals surface area contributed by atoms with Crippen LogP contribution in [0.2, 0.25) is 0 Å². The highest BCUT2D eigenvalue weighted by Crippen LogP contribution is 2.30. The molecule has 0 bridgehead atoms. The molecule has 1 aliphatic rings. The van der Waals surface area contributed by atoms with Crippen LogP contribution in [0, 0.1) is 11.3 Å². The van der Waals surface area contributed by atoms with Gasteiger partial charge in [-0.1, -0.05) is 12.1 Å². The van der Waals surface area contributed by atoms with Gasteiger partial charge in [0.1, 0.15) is 12.1 Å². The van der Waals surface area contributed by atoms with Crippen molar-refractivity contribution < 1.29 is 13.6 Å². The van der Waals surface area contributed by atoms with Crippen molar-refractivity contribution in [2.75, 3.05) is 0 Å². The van der Waals surface area contributed by atoms with Crippen LogP contribution in [0.1, 0.15) is 25.7 Å². The zero-order valence-corrected chi connectivity index (χ0v) is 13.7. The second-order valence-corrected chi connectivity index (χ2v) is 6.75. The number of thioether (sulfide) groups is 1. The summed E-state index contributed by atoms with van der Waals surface area (Å²) in [4.78, 5) is 16.6. The number of carbonyl (C=O) groups excluding carboxylic acids is 1. The number of fused-ring (bicyclic) bond motifs is 1. The summed E-state index contributed by atoms with van der Waals surface area (Å²) in [5.74, 6) is -2.98. The summed E-state index contributed by atoms with van der Waals surface area (Å²) in [6.07, 6.45) is 3.04. The Labute approximate surface area is 142 Å². The SMILES string of the molecule is N#CC1(NC(=O)Cn2c(SC(F)F)nc3ccccc32)CCCC1. The molecule has 1 amide bonds. The fourth-order valence-electron chi connectivity index (χ4n) is 3.07. The van der Waals surface area contributed by atoms with Crippen molar-refractivity contribution in [3.63, 3.8) is 0 Å². The Balaban J connectivity index is 1.85. The maximum absolute atomic E-state index is 12.8. The Kier molecular flexibility index (Phi) is 4.71. The number of carbonyl (C=O) groups is 1. The van der Waals surface area contributed by atoms with Crippen LogP contribution in [-0.4, -0.2) is 26.8 Å². The van der Waals surface area contributed by atoms with Crippen molar-refractivity contribution in [1.29, 1.82) is 5.26 Å². The molecule has 5 nitrogen and oxygen atoms in total. The summed E-state index contributed by atoms with van der Waals surface area (Å²) in [7, 11) is 0. The lowest BCUT2D eigenvalue weighted by atomic mass is 10.00. The molecule has 0 spiro atoms. The second-order valence-electron chi connectivity index (χ2n) is 5.80. The molecular weight excluding hydrogens is 334 g/mol. The van der Waals surface area contributed by atoms with Gasteiger partial charge >= 0.3 is 0 Å². The Hall–Kier alpha value is -2.14. The molecule has 3 rings (SSSR count). The number of nitriles is 1. The monoisotopic (exact) mass is 350 g/mol. The minimum absolute atomic E-state index is 0.0961. The Morgan fingerprint density at radius 2 is 2.12 bits per heavy atom. The van der Waals surface area contributed by atoms with Crippen molar-refractivity contribution in [2.24, 2.45) is 0 Å². The minimum Gasteiger partial charge on any atom is -0.336 e. The van der Waals surface area contributed by atoms with E-state index in [-0.39, 0.29) is 17.6 Å². The van der Waals surface area contributed by atoms with Crippen LogP contribution in [-0.2, 0) is 11.3 Å². The third kappa shape index (κ3) is 3.36. The number of benzene rings is 1. The molecule has 0 atom stereocenters. The molecule has 24 heavy (non-hydrogen) atoms. The number of nitrogens with zero attached hydrogens (tertiary/aromatic N) is 3. The van der Waals surface area contributed by atoms with E-state index in [0.717, 1.165) is 12.8 Å². The third-order valence-electron chi connectivity index (χ3n) is 4.17. The molecule has 0 radical (unpaired) electrons. The minimum atomic E-state index is -2.62. The fraction of sp³-hybridized carbons (Fsp3) is 0.438. The van der Waals surface area contributed by atoms with Crippen LogP contribution >= 0.6 is 11.8 Å². The molecule has 0 saturated heterocycles. The van der Waals surface area contributed by atoms with E-state index in [1.165, 1.54) is 4.57 Å². The molecule has 1 aliphatic carbocycles. The van der Waals surface area contributed by atoms with Gasteiger partial charge in [0.2, 0.25) is 5.91 Å². The number of nitrogens with one attached hydrogen (secondary N) is 1. The number of hydrogen-bond donors (Lipinski definition) is 1. The van der Waals surface area contributed by atoms with Crippen LogP contribution < -0.4 is 5.32 Å². The van der Waals surface area contributed by atoms with Crippen LogP contribution in [0.5, 0.6) is 0 Å². The van der Waals surface area contributed by atoms with Crippen LogP contribution in [0.25, 0.3) is 11.0 Å². The lowest BCUT2D eigenvalue weighted by Gasteiger charge is -2.22. The zero-order valence-electron chi connectivity index (χ0n) is 12.8. The summed E-state index contributed by atoms with van der Waals surface area (Å²) in [5, 5.41) is 12.2. The Bertz CT molecular complexity index is 793. The van der Waals surface area contributed by atoms with Gasteiger partial charge in [-0.15, -0.1) is 0 Å². The highest BCUT2D eigenvalue weighted by Gasteiger charge is 2.35. The smallest absolute Gasteiger partial charge is 0.291 e. The average Bonchev–Trinajstić information content (AvgIpc) is 3.13. The van der Waals surface area contributed by atoms with Crippen molar-refractivity contribution in [1.82, 2.24) is 14.9 Å². The summed E-state index contributed by atoms with van der Waals surface area (Å²) in [6, 6.07) is 9.17. The second kappa shape index (κ2) is 6.77. The molecule has 1 N–H and O–H groups in total. The standard InChI is InChI=1S/C16H16F2N4OS/c17-14(18)24-15-20-11-5-1-2-6-12(11)22(15)9-13(23)21-16(10-19)7-3-4-8-16/h1-2,5-6,14H,3-4,7-9H2,(H,21,23). The highest BCUT2D eigenvalue weighted by atomic mass is 32.2. The van der Waals surface area contributed by atoms with E-state index >= 15 is 0 Å². The first kappa shape index (κ1) is 16.7. The lowest BCUT2D eigenvalue weighted by Crippen LogP contribution is -2.46. The molecule has 1 heterocycles. The van der Waals surface area contributed by atoms with Gasteiger partial charge in [0.05, 0.1) is 17.1 Å². The Morgan fingerprint density at radius 3 is 2.79 bits per heavy atom. The van der Waals surface area contributed by atoms with Crippen molar-refractivity contribution in [3.05, 3.63) is 24.3 Å². The molecule has 8 heteroatoms. The normalized spacial score (nSPS) is 16.4. The van der Waals surface area contributed by atoms with Gasteiger partial charge in [0.15, 0.2) is 5.16 Å². The van der Waals surface area contributed by atoms with Crippen LogP contribution in [0.4, 0.5) is 8.78 Å². The van der Waals surface area contributed by atoms with Crippen LogP contribution in [0.15, 0.2) is 29.4 Å². The van der Waals surface area contributed by atoms with E-state index in [1.54, 1.807) is 24.3 Å². The third-order valence-corrected chi connectivity index (χ3v) is 4.87. The maximum atomic E-state index is 12.8. The van der Waals surface area contributed by atoms with Gasteiger partial charge in [0, 0.05) is 0 Å². The van der Waals surface area contributed by atoms with E-state index < -0.39 is 11.3 Å². The van der Waals surface area contributed by atoms with Crippen molar-refractivity contribution in [2.45, 2.75) is 48.7 Å². The molecule has 0 aliphatic heterocycles. The van der Waals surface area contributed by atoms with E-state index in [1.807, 2.05) is 0 Å². The quantitative estimate of drug-likeness (QED) is 0.840. The topological polar surface area (TPSA) is 70.7 Å². The number of aromatic nitrogens is 2. The molecule has 1 fully saturated rings. The highest BCUT2D eigenvalue weighted by molar-refractivity contribution is 7.99. The number of imidazole rings is 1. The van der Waals surface area contributed by atoms with E-state index in [4.69, 9.17) is 0 Å². The average molecular weight is 350 g/mol. The molecule has 0 unspecified atom stereocenters. The molecular formula is C16H16F2N4OS. The number of amides is 1. The number of hydrogen-bond acceptors (Lipinski definition) is 4. The van der Waals surface area contributed by atoms with E-state index in [9.17, 15) is 18.8 Å². The lowest BCUT2D eigenvalue weighted by molar-refractivity contribution is -0.123. The molecule has 1 aromatic heterocycles. The van der Waals surface area contributed by atoms with Crippen molar-refractivity contribution >= 4 is 28.7 Å². The zero-order chi connectivity index (χ0) is 17.2. The van der Waals surface area contributed by atoms with E-state index in [2.05, 4.69) is 16.4 Å². The van der Waals surface area contributed by atoms with Crippen LogP contribution in [0.3, 0.4) is 0 Å². The van der Waals surface area contributed by atoms with Crippen molar-refractivity contribution in [3.8, 4) is 6.07 Å². The molecule has 2 aromatic rings. The number of alkyl halides is 2. The fourth-order valence-corrected chi connectivity index (χ4v) is 3.67. The molecule has 126 valence electrons. The summed E-state index contributed by atoms with van der Waals surface area (Å²) < 4.78 is 27.0. The largest absolute Gasteiger partial charge is 0.336 e. The van der Waals surface area contributed by atoms with Gasteiger partial charge in [-0.3, -0.25) is 4.79 Å². The van der Waals surface area contributed by atoms with E-state index in [0.29, 0.717) is 35.6 Å².